The Morgan fingerprint density at radius 1 is 1.22 bits per heavy atom. The van der Waals surface area contributed by atoms with Gasteiger partial charge in [-0.2, -0.15) is 4.68 Å². The van der Waals surface area contributed by atoms with E-state index >= 15 is 0 Å². The molecule has 0 saturated heterocycles. The summed E-state index contributed by atoms with van der Waals surface area (Å²) in [5.74, 6) is 0.788. The quantitative estimate of drug-likeness (QED) is 0.801. The maximum Gasteiger partial charge on any atom is 0.158 e. The summed E-state index contributed by atoms with van der Waals surface area (Å²) in [6.07, 6.45) is 0.646. The average molecular weight is 265 g/mol. The highest BCUT2D eigenvalue weighted by atomic mass is 35.5. The monoisotopic (exact) mass is 264 g/mol. The minimum atomic E-state index is -0.00837. The number of benzene rings is 1. The lowest BCUT2D eigenvalue weighted by Gasteiger charge is -2.24. The number of tetrazole rings is 1. The van der Waals surface area contributed by atoms with Gasteiger partial charge >= 0.3 is 0 Å². The second kappa shape index (κ2) is 5.06. The fourth-order valence-corrected chi connectivity index (χ4v) is 1.71. The summed E-state index contributed by atoms with van der Waals surface area (Å²) in [6, 6.07) is 9.83. The van der Waals surface area contributed by atoms with E-state index in [9.17, 15) is 0 Å². The molecule has 96 valence electrons. The number of nitrogens with zero attached hydrogens (tertiary/aromatic N) is 4. The summed E-state index contributed by atoms with van der Waals surface area (Å²) >= 11 is 6.40. The Bertz CT molecular complexity index is 501. The van der Waals surface area contributed by atoms with E-state index in [0.29, 0.717) is 6.42 Å². The van der Waals surface area contributed by atoms with Crippen molar-refractivity contribution >= 4 is 11.6 Å². The second-order valence-corrected chi connectivity index (χ2v) is 5.91. The molecule has 2 aromatic rings. The van der Waals surface area contributed by atoms with E-state index in [0.717, 1.165) is 11.5 Å². The van der Waals surface area contributed by atoms with Crippen LogP contribution in [0.3, 0.4) is 0 Å². The minimum Gasteiger partial charge on any atom is -0.197 e. The molecule has 0 aliphatic rings. The largest absolute Gasteiger partial charge is 0.197 e. The zero-order chi connectivity index (χ0) is 13.2. The summed E-state index contributed by atoms with van der Waals surface area (Å²) in [5.41, 5.74) is 0.977. The van der Waals surface area contributed by atoms with Crippen molar-refractivity contribution in [2.75, 3.05) is 0 Å². The molecule has 4 nitrogen and oxygen atoms in total. The van der Waals surface area contributed by atoms with Crippen molar-refractivity contribution in [3.05, 3.63) is 36.2 Å². The van der Waals surface area contributed by atoms with Gasteiger partial charge in [-0.05, 0) is 28.0 Å². The third-order valence-corrected chi connectivity index (χ3v) is 3.65. The average Bonchev–Trinajstić information content (AvgIpc) is 2.77. The molecule has 18 heavy (non-hydrogen) atoms. The van der Waals surface area contributed by atoms with E-state index in [2.05, 4.69) is 36.3 Å². The fraction of sp³-hybridized carbons (Fsp3) is 0.462. The van der Waals surface area contributed by atoms with Crippen LogP contribution in [-0.2, 0) is 6.42 Å². The van der Waals surface area contributed by atoms with Gasteiger partial charge in [0.2, 0.25) is 0 Å². The van der Waals surface area contributed by atoms with Crippen LogP contribution in [0.2, 0.25) is 0 Å². The maximum atomic E-state index is 6.40. The highest BCUT2D eigenvalue weighted by Gasteiger charge is 2.25. The molecule has 1 aromatic heterocycles. The van der Waals surface area contributed by atoms with Gasteiger partial charge in [0.15, 0.2) is 5.82 Å². The van der Waals surface area contributed by atoms with Gasteiger partial charge in [-0.25, -0.2) is 0 Å². The molecule has 0 N–H and O–H groups in total. The van der Waals surface area contributed by atoms with Crippen molar-refractivity contribution < 1.29 is 0 Å². The Kier molecular flexibility index (Phi) is 3.66. The molecule has 5 heteroatoms. The van der Waals surface area contributed by atoms with Crippen molar-refractivity contribution in [1.82, 2.24) is 20.2 Å². The predicted molar refractivity (Wildman–Crippen MR) is 72.0 cm³/mol. The van der Waals surface area contributed by atoms with Gasteiger partial charge in [-0.1, -0.05) is 39.0 Å². The summed E-state index contributed by atoms with van der Waals surface area (Å²) in [7, 11) is 0. The zero-order valence-electron chi connectivity index (χ0n) is 10.8. The smallest absolute Gasteiger partial charge is 0.158 e. The number of rotatable bonds is 3. The Morgan fingerprint density at radius 2 is 1.89 bits per heavy atom. The molecule has 1 heterocycles. The molecular weight excluding hydrogens is 248 g/mol. The van der Waals surface area contributed by atoms with Gasteiger partial charge < -0.3 is 0 Å². The minimum absolute atomic E-state index is 0.00837. The first-order valence-electron chi connectivity index (χ1n) is 5.95. The molecule has 0 bridgehead atoms. The molecule has 0 amide bonds. The van der Waals surface area contributed by atoms with Crippen molar-refractivity contribution in [1.29, 1.82) is 0 Å². The summed E-state index contributed by atoms with van der Waals surface area (Å²) in [6.45, 7) is 6.34. The lowest BCUT2D eigenvalue weighted by molar-refractivity contribution is 0.381. The van der Waals surface area contributed by atoms with Crippen molar-refractivity contribution in [2.45, 2.75) is 32.6 Å². The lowest BCUT2D eigenvalue weighted by atomic mass is 9.90. The fourth-order valence-electron chi connectivity index (χ4n) is 1.57. The Labute approximate surface area is 112 Å². The van der Waals surface area contributed by atoms with Crippen LogP contribution in [0.1, 0.15) is 26.6 Å². The third kappa shape index (κ3) is 2.88. The first kappa shape index (κ1) is 13.0. The first-order valence-corrected chi connectivity index (χ1v) is 6.39. The van der Waals surface area contributed by atoms with Gasteiger partial charge in [0, 0.05) is 11.8 Å². The molecular formula is C13H17ClN4. The third-order valence-electron chi connectivity index (χ3n) is 2.84. The molecule has 1 aromatic carbocycles. The zero-order valence-corrected chi connectivity index (χ0v) is 11.6. The molecule has 0 fully saturated rings. The molecule has 0 spiro atoms. The Hall–Kier alpha value is -1.42. The molecule has 0 aliphatic heterocycles. The molecule has 2 rings (SSSR count). The van der Waals surface area contributed by atoms with Crippen molar-refractivity contribution in [2.24, 2.45) is 5.41 Å². The number of hydrogen-bond acceptors (Lipinski definition) is 3. The van der Waals surface area contributed by atoms with Gasteiger partial charge in [-0.3, -0.25) is 0 Å². The van der Waals surface area contributed by atoms with Crippen LogP contribution >= 0.6 is 11.6 Å². The van der Waals surface area contributed by atoms with Crippen LogP contribution in [-0.4, -0.2) is 25.6 Å². The molecule has 0 saturated carbocycles. The van der Waals surface area contributed by atoms with E-state index in [1.54, 1.807) is 4.68 Å². The van der Waals surface area contributed by atoms with Gasteiger partial charge in [0.05, 0.1) is 5.69 Å². The van der Waals surface area contributed by atoms with Crippen molar-refractivity contribution in [3.63, 3.8) is 0 Å². The van der Waals surface area contributed by atoms with E-state index < -0.39 is 0 Å². The van der Waals surface area contributed by atoms with Gasteiger partial charge in [-0.15, -0.1) is 16.7 Å². The highest BCUT2D eigenvalue weighted by Crippen LogP contribution is 2.27. The summed E-state index contributed by atoms with van der Waals surface area (Å²) < 4.78 is 1.74. The number of hydrogen-bond donors (Lipinski definition) is 0. The van der Waals surface area contributed by atoms with Crippen LogP contribution in [0.15, 0.2) is 30.3 Å². The van der Waals surface area contributed by atoms with Crippen LogP contribution in [0.5, 0.6) is 0 Å². The molecule has 0 radical (unpaired) electrons. The Balaban J connectivity index is 2.24. The van der Waals surface area contributed by atoms with Crippen LogP contribution in [0, 0.1) is 5.41 Å². The van der Waals surface area contributed by atoms with Gasteiger partial charge in [0.1, 0.15) is 0 Å². The number of para-hydroxylation sites is 1. The second-order valence-electron chi connectivity index (χ2n) is 5.38. The predicted octanol–water partition coefficient (Wildman–Crippen LogP) is 2.86. The number of halogens is 1. The molecule has 1 unspecified atom stereocenters. The van der Waals surface area contributed by atoms with E-state index in [-0.39, 0.29) is 10.8 Å². The van der Waals surface area contributed by atoms with E-state index in [4.69, 9.17) is 11.6 Å². The summed E-state index contributed by atoms with van der Waals surface area (Å²) in [4.78, 5) is 0. The SMILES string of the molecule is CC(C)(C)C(Cl)Cc1nnnn1-c1ccccc1. The van der Waals surface area contributed by atoms with Gasteiger partial charge in [0.25, 0.3) is 0 Å². The normalized spacial score (nSPS) is 13.6. The lowest BCUT2D eigenvalue weighted by Crippen LogP contribution is -2.24. The summed E-state index contributed by atoms with van der Waals surface area (Å²) in [5, 5.41) is 11.8. The maximum absolute atomic E-state index is 6.40. The van der Waals surface area contributed by atoms with E-state index in [1.165, 1.54) is 0 Å². The number of alkyl halides is 1. The highest BCUT2D eigenvalue weighted by molar-refractivity contribution is 6.21. The van der Waals surface area contributed by atoms with Crippen LogP contribution in [0.25, 0.3) is 5.69 Å². The van der Waals surface area contributed by atoms with Crippen molar-refractivity contribution in [3.8, 4) is 5.69 Å². The standard InChI is InChI=1S/C13H17ClN4/c1-13(2,3)11(14)9-12-15-16-17-18(12)10-7-5-4-6-8-10/h4-8,11H,9H2,1-3H3. The van der Waals surface area contributed by atoms with Crippen LogP contribution < -0.4 is 0 Å². The molecule has 0 aliphatic carbocycles. The first-order chi connectivity index (χ1) is 8.48. The molecule has 1 atom stereocenters. The topological polar surface area (TPSA) is 43.6 Å². The Morgan fingerprint density at radius 3 is 2.50 bits per heavy atom. The number of aromatic nitrogens is 4. The van der Waals surface area contributed by atoms with Crippen LogP contribution in [0.4, 0.5) is 0 Å². The van der Waals surface area contributed by atoms with E-state index in [1.807, 2.05) is 30.3 Å².